The average molecular weight is 159 g/mol. The molecule has 0 rings (SSSR count). The van der Waals surface area contributed by atoms with Crippen molar-refractivity contribution in [1.29, 1.82) is 0 Å². The van der Waals surface area contributed by atoms with Crippen LogP contribution in [0.15, 0.2) is 0 Å². The second kappa shape index (κ2) is 5.92. The molecule has 0 amide bonds. The largest absolute Gasteiger partial charge is 0.301 e. The first-order valence-electron chi connectivity index (χ1n) is 4.50. The van der Waals surface area contributed by atoms with E-state index >= 15 is 0 Å². The van der Waals surface area contributed by atoms with E-state index in [4.69, 9.17) is 0 Å². The van der Waals surface area contributed by atoms with Crippen molar-refractivity contribution in [3.63, 3.8) is 0 Å². The van der Waals surface area contributed by atoms with Crippen LogP contribution in [0.3, 0.4) is 0 Å². The summed E-state index contributed by atoms with van der Waals surface area (Å²) in [6.45, 7) is 9.24. The van der Waals surface area contributed by atoms with E-state index in [1.54, 1.807) is 0 Å². The topological polar surface area (TPSA) is 3.24 Å². The molecule has 0 saturated carbocycles. The third-order valence-electron chi connectivity index (χ3n) is 2.14. The van der Waals surface area contributed by atoms with E-state index in [0.717, 1.165) is 6.04 Å². The zero-order chi connectivity index (χ0) is 7.98. The normalized spacial score (nSPS) is 14.4. The summed E-state index contributed by atoms with van der Waals surface area (Å²) in [5, 5.41) is 0. The molecule has 1 unspecified atom stereocenters. The van der Waals surface area contributed by atoms with Crippen molar-refractivity contribution in [2.45, 2.75) is 39.3 Å². The fourth-order valence-electron chi connectivity index (χ4n) is 1.45. The Bertz CT molecular complexity index is 71.7. The van der Waals surface area contributed by atoms with Crippen molar-refractivity contribution in [3.8, 4) is 0 Å². The van der Waals surface area contributed by atoms with Gasteiger partial charge >= 0.3 is 0 Å². The molecular formula is C8H21NSi. The van der Waals surface area contributed by atoms with E-state index in [1.165, 1.54) is 35.8 Å². The quantitative estimate of drug-likeness (QED) is 0.539. The van der Waals surface area contributed by atoms with Crippen LogP contribution in [0.4, 0.5) is 0 Å². The van der Waals surface area contributed by atoms with Crippen molar-refractivity contribution < 1.29 is 0 Å². The van der Waals surface area contributed by atoms with Crippen molar-refractivity contribution in [2.75, 3.05) is 13.1 Å². The third-order valence-corrected chi connectivity index (χ3v) is 2.72. The minimum absolute atomic E-state index is 0.812. The fraction of sp³-hybridized carbons (Fsp3) is 1.00. The first-order valence-corrected chi connectivity index (χ1v) is 5.91. The maximum Gasteiger partial charge on any atom is 0.00637 e. The van der Waals surface area contributed by atoms with E-state index < -0.39 is 0 Å². The molecule has 0 aromatic rings. The van der Waals surface area contributed by atoms with E-state index in [1.807, 2.05) is 0 Å². The molecule has 0 aromatic heterocycles. The van der Waals surface area contributed by atoms with Gasteiger partial charge in [-0.25, -0.2) is 0 Å². The molecule has 0 bridgehead atoms. The molecule has 0 aliphatic rings. The van der Waals surface area contributed by atoms with Gasteiger partial charge in [-0.1, -0.05) is 19.9 Å². The van der Waals surface area contributed by atoms with Crippen molar-refractivity contribution >= 4 is 10.2 Å². The number of nitrogens with zero attached hydrogens (tertiary/aromatic N) is 1. The highest BCUT2D eigenvalue weighted by atomic mass is 28.1. The van der Waals surface area contributed by atoms with Crippen LogP contribution in [0.25, 0.3) is 0 Å². The van der Waals surface area contributed by atoms with Crippen molar-refractivity contribution in [2.24, 2.45) is 0 Å². The van der Waals surface area contributed by atoms with Gasteiger partial charge in [0.25, 0.3) is 0 Å². The van der Waals surface area contributed by atoms with Crippen LogP contribution in [0, 0.1) is 0 Å². The molecule has 2 heteroatoms. The molecule has 0 aliphatic carbocycles. The molecule has 62 valence electrons. The molecule has 0 spiro atoms. The van der Waals surface area contributed by atoms with Gasteiger partial charge in [-0.3, -0.25) is 0 Å². The zero-order valence-corrected chi connectivity index (χ0v) is 9.85. The van der Waals surface area contributed by atoms with Crippen LogP contribution in [0.5, 0.6) is 0 Å². The lowest BCUT2D eigenvalue weighted by Gasteiger charge is -2.25. The van der Waals surface area contributed by atoms with Gasteiger partial charge in [0.15, 0.2) is 0 Å². The molecular weight excluding hydrogens is 138 g/mol. The highest BCUT2D eigenvalue weighted by Gasteiger charge is 2.06. The molecule has 1 atom stereocenters. The van der Waals surface area contributed by atoms with E-state index in [0.29, 0.717) is 0 Å². The second-order valence-corrected chi connectivity index (χ2v) is 3.86. The highest BCUT2D eigenvalue weighted by Crippen LogP contribution is 2.04. The lowest BCUT2D eigenvalue weighted by molar-refractivity contribution is 0.226. The Hall–Kier alpha value is 0.177. The van der Waals surface area contributed by atoms with Gasteiger partial charge in [0.2, 0.25) is 0 Å². The predicted octanol–water partition coefficient (Wildman–Crippen LogP) is 0.890. The van der Waals surface area contributed by atoms with Gasteiger partial charge in [-0.05, 0) is 26.4 Å². The van der Waals surface area contributed by atoms with Crippen LogP contribution < -0.4 is 0 Å². The van der Waals surface area contributed by atoms with Gasteiger partial charge in [-0.15, -0.1) is 0 Å². The lowest BCUT2D eigenvalue weighted by atomic mass is 10.2. The smallest absolute Gasteiger partial charge is 0.00637 e. The Balaban J connectivity index is 3.53. The predicted molar refractivity (Wildman–Crippen MR) is 51.7 cm³/mol. The Morgan fingerprint density at radius 1 is 1.30 bits per heavy atom. The lowest BCUT2D eigenvalue weighted by Crippen LogP contribution is -2.32. The van der Waals surface area contributed by atoms with Crippen LogP contribution >= 0.6 is 0 Å². The summed E-state index contributed by atoms with van der Waals surface area (Å²) in [7, 11) is 1.36. The Labute approximate surface area is 68.2 Å². The molecule has 0 saturated heterocycles. The summed E-state index contributed by atoms with van der Waals surface area (Å²) in [6, 6.07) is 2.25. The summed E-state index contributed by atoms with van der Waals surface area (Å²) in [5.74, 6) is 0. The van der Waals surface area contributed by atoms with Gasteiger partial charge < -0.3 is 4.90 Å². The Kier molecular flexibility index (Phi) is 6.03. The molecule has 10 heavy (non-hydrogen) atoms. The van der Waals surface area contributed by atoms with Gasteiger partial charge in [0.05, 0.1) is 0 Å². The summed E-state index contributed by atoms with van der Waals surface area (Å²) in [6.07, 6.45) is 1.40. The first kappa shape index (κ1) is 10.2. The van der Waals surface area contributed by atoms with Gasteiger partial charge in [0, 0.05) is 16.3 Å². The fourth-order valence-corrected chi connectivity index (χ4v) is 2.28. The number of hydrogen-bond donors (Lipinski definition) is 0. The number of hydrogen-bond acceptors (Lipinski definition) is 1. The Morgan fingerprint density at radius 2 is 1.80 bits per heavy atom. The van der Waals surface area contributed by atoms with Gasteiger partial charge in [-0.2, -0.15) is 0 Å². The number of rotatable bonds is 5. The minimum Gasteiger partial charge on any atom is -0.301 e. The van der Waals surface area contributed by atoms with Crippen LogP contribution in [0.1, 0.15) is 27.2 Å². The van der Waals surface area contributed by atoms with Crippen molar-refractivity contribution in [1.82, 2.24) is 4.90 Å². The highest BCUT2D eigenvalue weighted by molar-refractivity contribution is 6.08. The molecule has 0 aliphatic heterocycles. The second-order valence-electron chi connectivity index (χ2n) is 2.86. The van der Waals surface area contributed by atoms with E-state index in [9.17, 15) is 0 Å². The summed E-state index contributed by atoms with van der Waals surface area (Å²) in [4.78, 5) is 2.53. The first-order chi connectivity index (χ1) is 4.76. The maximum absolute atomic E-state index is 2.53. The summed E-state index contributed by atoms with van der Waals surface area (Å²) in [5.41, 5.74) is 0. The average Bonchev–Trinajstić information content (AvgIpc) is 1.91. The molecule has 0 radical (unpaired) electrons. The molecule has 0 aromatic carbocycles. The molecule has 1 nitrogen and oxygen atoms in total. The monoisotopic (exact) mass is 159 g/mol. The zero-order valence-electron chi connectivity index (χ0n) is 7.85. The molecule has 0 heterocycles. The van der Waals surface area contributed by atoms with Crippen LogP contribution in [0.2, 0.25) is 6.04 Å². The summed E-state index contributed by atoms with van der Waals surface area (Å²) < 4.78 is 0. The SMILES string of the molecule is CCN(CC)C(C)CC[SiH3]. The van der Waals surface area contributed by atoms with E-state index in [2.05, 4.69) is 25.7 Å². The van der Waals surface area contributed by atoms with Crippen LogP contribution in [-0.2, 0) is 0 Å². The third kappa shape index (κ3) is 3.37. The standard InChI is InChI=1S/C8H21NSi/c1-4-9(5-2)8(3)6-7-10/h8H,4-7H2,1-3,10H3. The van der Waals surface area contributed by atoms with Gasteiger partial charge in [0.1, 0.15) is 0 Å². The summed E-state index contributed by atoms with van der Waals surface area (Å²) >= 11 is 0. The Morgan fingerprint density at radius 3 is 2.10 bits per heavy atom. The maximum atomic E-state index is 2.53. The van der Waals surface area contributed by atoms with Crippen molar-refractivity contribution in [3.05, 3.63) is 0 Å². The molecule has 0 fully saturated rings. The van der Waals surface area contributed by atoms with Crippen LogP contribution in [-0.4, -0.2) is 34.3 Å². The minimum atomic E-state index is 0.812. The molecule has 0 N–H and O–H groups in total. The van der Waals surface area contributed by atoms with E-state index in [-0.39, 0.29) is 0 Å².